The van der Waals surface area contributed by atoms with E-state index in [0.29, 0.717) is 13.1 Å². The van der Waals surface area contributed by atoms with Crippen molar-refractivity contribution in [2.75, 3.05) is 13.1 Å². The highest BCUT2D eigenvalue weighted by Crippen LogP contribution is 2.29. The average Bonchev–Trinajstić information content (AvgIpc) is 3.02. The molecule has 1 aliphatic rings. The maximum Gasteiger partial charge on any atom is 0.246 e. The van der Waals surface area contributed by atoms with Crippen molar-refractivity contribution in [2.24, 2.45) is 0 Å². The van der Waals surface area contributed by atoms with Gasteiger partial charge in [-0.15, -0.1) is 0 Å². The Kier molecular flexibility index (Phi) is 3.77. The zero-order chi connectivity index (χ0) is 14.9. The van der Waals surface area contributed by atoms with Gasteiger partial charge in [0.1, 0.15) is 10.7 Å². The molecule has 1 saturated heterocycles. The third kappa shape index (κ3) is 2.71. The molecule has 2 aromatic rings. The molecule has 5 nitrogen and oxygen atoms in total. The van der Waals surface area contributed by atoms with Crippen molar-refractivity contribution in [1.29, 1.82) is 0 Å². The molecular weight excluding hydrogens is 293 g/mol. The molecule has 0 radical (unpaired) electrons. The number of H-pyrrole nitrogens is 1. The molecule has 1 atom stereocenters. The summed E-state index contributed by atoms with van der Waals surface area (Å²) in [6.45, 7) is 0.764. The molecule has 1 unspecified atom stereocenters. The van der Waals surface area contributed by atoms with Crippen LogP contribution in [0.2, 0.25) is 0 Å². The Bertz CT molecular complexity index is 716. The van der Waals surface area contributed by atoms with Gasteiger partial charge in [0.15, 0.2) is 0 Å². The minimum atomic E-state index is -3.79. The number of nitrogens with one attached hydrogen (secondary N) is 1. The minimum Gasteiger partial charge on any atom is -0.282 e. The normalized spacial score (nSPS) is 20.5. The van der Waals surface area contributed by atoms with E-state index in [-0.39, 0.29) is 10.8 Å². The standard InChI is InChI=1S/C14H16FN3O2S/c15-12-5-1-2-6-14(12)21(19,20)18-9-3-4-11(10-18)13-7-8-16-17-13/h1-2,5-8,11H,3-4,9-10H2,(H,16,17). The van der Waals surface area contributed by atoms with Gasteiger partial charge < -0.3 is 0 Å². The molecule has 3 rings (SSSR count). The number of nitrogens with zero attached hydrogens (tertiary/aromatic N) is 2. The molecule has 2 heterocycles. The van der Waals surface area contributed by atoms with Crippen molar-refractivity contribution >= 4 is 10.0 Å². The van der Waals surface area contributed by atoms with E-state index in [1.54, 1.807) is 6.20 Å². The second-order valence-corrected chi connectivity index (χ2v) is 7.05. The van der Waals surface area contributed by atoms with E-state index in [0.717, 1.165) is 18.5 Å². The summed E-state index contributed by atoms with van der Waals surface area (Å²) >= 11 is 0. The molecular formula is C14H16FN3O2S. The molecule has 0 bridgehead atoms. The predicted octanol–water partition coefficient (Wildman–Crippen LogP) is 2.12. The van der Waals surface area contributed by atoms with Crippen LogP contribution in [0.3, 0.4) is 0 Å². The van der Waals surface area contributed by atoms with Crippen LogP contribution in [0.1, 0.15) is 24.5 Å². The topological polar surface area (TPSA) is 66.1 Å². The predicted molar refractivity (Wildman–Crippen MR) is 75.7 cm³/mol. The van der Waals surface area contributed by atoms with Crippen molar-refractivity contribution in [1.82, 2.24) is 14.5 Å². The van der Waals surface area contributed by atoms with E-state index in [1.165, 1.54) is 28.6 Å². The Morgan fingerprint density at radius 2 is 2.10 bits per heavy atom. The number of hydrogen-bond acceptors (Lipinski definition) is 3. The SMILES string of the molecule is O=S(=O)(c1ccccc1F)N1CCCC(c2ccn[nH]2)C1. The van der Waals surface area contributed by atoms with Crippen molar-refractivity contribution in [3.63, 3.8) is 0 Å². The Morgan fingerprint density at radius 3 is 2.81 bits per heavy atom. The maximum atomic E-state index is 13.8. The van der Waals surface area contributed by atoms with Gasteiger partial charge in [-0.05, 0) is 31.0 Å². The molecule has 1 aromatic carbocycles. The number of aromatic amines is 1. The van der Waals surface area contributed by atoms with Gasteiger partial charge in [0.05, 0.1) is 0 Å². The Hall–Kier alpha value is -1.73. The van der Waals surface area contributed by atoms with Crippen LogP contribution in [-0.2, 0) is 10.0 Å². The first kappa shape index (κ1) is 14.2. The molecule has 0 aliphatic carbocycles. The fraction of sp³-hybridized carbons (Fsp3) is 0.357. The van der Waals surface area contributed by atoms with Crippen LogP contribution < -0.4 is 0 Å². The van der Waals surface area contributed by atoms with Crippen molar-refractivity contribution in [3.05, 3.63) is 48.0 Å². The molecule has 1 fully saturated rings. The van der Waals surface area contributed by atoms with Crippen LogP contribution in [0.4, 0.5) is 4.39 Å². The molecule has 1 N–H and O–H groups in total. The van der Waals surface area contributed by atoms with Gasteiger partial charge >= 0.3 is 0 Å². The molecule has 1 aliphatic heterocycles. The van der Waals surface area contributed by atoms with Gasteiger partial charge in [-0.1, -0.05) is 12.1 Å². The summed E-state index contributed by atoms with van der Waals surface area (Å²) in [5.74, 6) is -0.635. The van der Waals surface area contributed by atoms with Gasteiger partial charge in [0.2, 0.25) is 10.0 Å². The van der Waals surface area contributed by atoms with Crippen LogP contribution >= 0.6 is 0 Å². The highest BCUT2D eigenvalue weighted by Gasteiger charge is 2.32. The summed E-state index contributed by atoms with van der Waals surface area (Å²) < 4.78 is 40.3. The highest BCUT2D eigenvalue weighted by molar-refractivity contribution is 7.89. The summed E-state index contributed by atoms with van der Waals surface area (Å²) in [6.07, 6.45) is 3.29. The quantitative estimate of drug-likeness (QED) is 0.944. The molecule has 7 heteroatoms. The summed E-state index contributed by atoms with van der Waals surface area (Å²) in [7, 11) is -3.79. The fourth-order valence-electron chi connectivity index (χ4n) is 2.70. The summed E-state index contributed by atoms with van der Waals surface area (Å²) in [4.78, 5) is -0.254. The summed E-state index contributed by atoms with van der Waals surface area (Å²) in [5.41, 5.74) is 0.920. The van der Waals surface area contributed by atoms with E-state index in [9.17, 15) is 12.8 Å². The third-order valence-electron chi connectivity index (χ3n) is 3.80. The lowest BCUT2D eigenvalue weighted by Gasteiger charge is -2.31. The smallest absolute Gasteiger partial charge is 0.246 e. The Balaban J connectivity index is 1.88. The minimum absolute atomic E-state index is 0.0720. The number of aromatic nitrogens is 2. The van der Waals surface area contributed by atoms with E-state index >= 15 is 0 Å². The number of rotatable bonds is 3. The molecule has 21 heavy (non-hydrogen) atoms. The van der Waals surface area contributed by atoms with Crippen LogP contribution in [0, 0.1) is 5.82 Å². The van der Waals surface area contributed by atoms with Crippen LogP contribution in [0.15, 0.2) is 41.4 Å². The number of benzene rings is 1. The first-order valence-corrected chi connectivity index (χ1v) is 8.27. The number of sulfonamides is 1. The first-order chi connectivity index (χ1) is 10.1. The van der Waals surface area contributed by atoms with Crippen LogP contribution in [0.25, 0.3) is 0 Å². The molecule has 0 spiro atoms. The highest BCUT2D eigenvalue weighted by atomic mass is 32.2. The summed E-state index contributed by atoms with van der Waals surface area (Å²) in [5, 5.41) is 6.79. The van der Waals surface area contributed by atoms with E-state index in [4.69, 9.17) is 0 Å². The molecule has 1 aromatic heterocycles. The van der Waals surface area contributed by atoms with Gasteiger partial charge in [-0.25, -0.2) is 12.8 Å². The number of piperidine rings is 1. The monoisotopic (exact) mass is 309 g/mol. The van der Waals surface area contributed by atoms with Gasteiger partial charge in [-0.3, -0.25) is 5.10 Å². The molecule has 0 amide bonds. The summed E-state index contributed by atoms with van der Waals surface area (Å²) in [6, 6.07) is 7.35. The second kappa shape index (κ2) is 5.57. The van der Waals surface area contributed by atoms with Crippen LogP contribution in [-0.4, -0.2) is 36.0 Å². The zero-order valence-corrected chi connectivity index (χ0v) is 12.2. The molecule has 112 valence electrons. The zero-order valence-electron chi connectivity index (χ0n) is 11.4. The van der Waals surface area contributed by atoms with Crippen molar-refractivity contribution in [2.45, 2.75) is 23.7 Å². The fourth-order valence-corrected chi connectivity index (χ4v) is 4.29. The Morgan fingerprint density at radius 1 is 1.29 bits per heavy atom. The number of hydrogen-bond donors (Lipinski definition) is 1. The van der Waals surface area contributed by atoms with Gasteiger partial charge in [-0.2, -0.15) is 9.40 Å². The lowest BCUT2D eigenvalue weighted by atomic mass is 9.96. The lowest BCUT2D eigenvalue weighted by molar-refractivity contribution is 0.311. The first-order valence-electron chi connectivity index (χ1n) is 6.83. The third-order valence-corrected chi connectivity index (χ3v) is 5.70. The van der Waals surface area contributed by atoms with Crippen LogP contribution in [0.5, 0.6) is 0 Å². The maximum absolute atomic E-state index is 13.8. The van der Waals surface area contributed by atoms with E-state index in [2.05, 4.69) is 10.2 Å². The Labute approximate surface area is 122 Å². The second-order valence-electron chi connectivity index (χ2n) is 5.14. The van der Waals surface area contributed by atoms with Crippen molar-refractivity contribution < 1.29 is 12.8 Å². The number of halogens is 1. The van der Waals surface area contributed by atoms with Crippen molar-refractivity contribution in [3.8, 4) is 0 Å². The van der Waals surface area contributed by atoms with Gasteiger partial charge in [0.25, 0.3) is 0 Å². The lowest BCUT2D eigenvalue weighted by Crippen LogP contribution is -2.39. The average molecular weight is 309 g/mol. The van der Waals surface area contributed by atoms with E-state index in [1.807, 2.05) is 6.07 Å². The van der Waals surface area contributed by atoms with E-state index < -0.39 is 15.8 Å². The largest absolute Gasteiger partial charge is 0.282 e. The van der Waals surface area contributed by atoms with Gasteiger partial charge in [0, 0.05) is 30.9 Å². The molecule has 0 saturated carbocycles.